The van der Waals surface area contributed by atoms with Gasteiger partial charge in [-0.25, -0.2) is 4.39 Å². The molecule has 172 valence electrons. The zero-order valence-corrected chi connectivity index (χ0v) is 18.7. The highest BCUT2D eigenvalue weighted by molar-refractivity contribution is 5.78. The van der Waals surface area contributed by atoms with E-state index in [2.05, 4.69) is 29.0 Å². The molecule has 2 aliphatic rings. The summed E-state index contributed by atoms with van der Waals surface area (Å²) in [6.45, 7) is 10.8. The van der Waals surface area contributed by atoms with Crippen LogP contribution in [-0.4, -0.2) is 92.0 Å². The first kappa shape index (κ1) is 23.5. The molecule has 8 heteroatoms. The molecule has 1 aromatic carbocycles. The molecule has 1 aromatic rings. The first-order valence-electron chi connectivity index (χ1n) is 11.3. The summed E-state index contributed by atoms with van der Waals surface area (Å²) in [5.74, 6) is 1.42. The molecule has 2 unspecified atom stereocenters. The van der Waals surface area contributed by atoms with Crippen molar-refractivity contribution in [1.82, 2.24) is 20.0 Å². The van der Waals surface area contributed by atoms with Crippen molar-refractivity contribution in [2.75, 3.05) is 65.5 Å². The molecular formula is C23H35FN4O3. The molecule has 2 fully saturated rings. The number of rotatable bonds is 8. The number of nitrogens with one attached hydrogen (secondary N) is 1. The van der Waals surface area contributed by atoms with Gasteiger partial charge in [0.1, 0.15) is 18.2 Å². The van der Waals surface area contributed by atoms with Gasteiger partial charge in [-0.2, -0.15) is 0 Å². The van der Waals surface area contributed by atoms with E-state index in [1.165, 1.54) is 18.6 Å². The van der Waals surface area contributed by atoms with Crippen LogP contribution in [0, 0.1) is 17.7 Å². The molecule has 31 heavy (non-hydrogen) atoms. The van der Waals surface area contributed by atoms with Gasteiger partial charge >= 0.3 is 0 Å². The molecule has 2 atom stereocenters. The fourth-order valence-electron chi connectivity index (χ4n) is 4.44. The molecule has 0 radical (unpaired) electrons. The van der Waals surface area contributed by atoms with Crippen LogP contribution in [0.4, 0.5) is 4.39 Å². The van der Waals surface area contributed by atoms with E-state index in [1.54, 1.807) is 12.1 Å². The number of likely N-dealkylation sites (tertiary alicyclic amines) is 1. The SMILES string of the molecule is CC1CC(C)CN(C(=O)CN2CCN(CC(=O)NCCOc3cccc(F)c3)CC2)C1. The average molecular weight is 435 g/mol. The van der Waals surface area contributed by atoms with Crippen molar-refractivity contribution in [2.24, 2.45) is 11.8 Å². The van der Waals surface area contributed by atoms with Crippen LogP contribution in [0.5, 0.6) is 5.75 Å². The minimum atomic E-state index is -0.345. The second kappa shape index (κ2) is 11.4. The molecule has 2 aliphatic heterocycles. The molecule has 0 spiro atoms. The Morgan fingerprint density at radius 2 is 1.71 bits per heavy atom. The number of halogens is 1. The average Bonchev–Trinajstić information content (AvgIpc) is 2.72. The fraction of sp³-hybridized carbons (Fsp3) is 0.652. The van der Waals surface area contributed by atoms with Crippen LogP contribution in [0.2, 0.25) is 0 Å². The lowest BCUT2D eigenvalue weighted by Crippen LogP contribution is -2.53. The minimum absolute atomic E-state index is 0.0522. The third-order valence-corrected chi connectivity index (χ3v) is 5.90. The zero-order valence-electron chi connectivity index (χ0n) is 18.7. The molecule has 0 aliphatic carbocycles. The van der Waals surface area contributed by atoms with E-state index in [0.29, 0.717) is 43.8 Å². The number of hydrogen-bond acceptors (Lipinski definition) is 5. The van der Waals surface area contributed by atoms with Crippen LogP contribution >= 0.6 is 0 Å². The predicted molar refractivity (Wildman–Crippen MR) is 117 cm³/mol. The maximum Gasteiger partial charge on any atom is 0.236 e. The van der Waals surface area contributed by atoms with E-state index in [0.717, 1.165) is 39.3 Å². The van der Waals surface area contributed by atoms with Gasteiger partial charge in [-0.15, -0.1) is 0 Å². The molecule has 2 heterocycles. The Hall–Kier alpha value is -2.19. The second-order valence-electron chi connectivity index (χ2n) is 8.95. The Kier molecular flexibility index (Phi) is 8.66. The molecule has 0 aromatic heterocycles. The highest BCUT2D eigenvalue weighted by Crippen LogP contribution is 2.21. The van der Waals surface area contributed by atoms with Crippen molar-refractivity contribution in [3.63, 3.8) is 0 Å². The second-order valence-corrected chi connectivity index (χ2v) is 8.95. The van der Waals surface area contributed by atoms with Gasteiger partial charge in [0.05, 0.1) is 19.6 Å². The molecular weight excluding hydrogens is 399 g/mol. The summed E-state index contributed by atoms with van der Waals surface area (Å²) in [7, 11) is 0. The number of carbonyl (C=O) groups excluding carboxylic acids is 2. The van der Waals surface area contributed by atoms with Gasteiger partial charge in [0.2, 0.25) is 11.8 Å². The number of piperidine rings is 1. The van der Waals surface area contributed by atoms with Gasteiger partial charge in [-0.1, -0.05) is 19.9 Å². The van der Waals surface area contributed by atoms with E-state index >= 15 is 0 Å². The summed E-state index contributed by atoms with van der Waals surface area (Å²) < 4.78 is 18.5. The van der Waals surface area contributed by atoms with Crippen molar-refractivity contribution < 1.29 is 18.7 Å². The third-order valence-electron chi connectivity index (χ3n) is 5.90. The smallest absolute Gasteiger partial charge is 0.236 e. The van der Waals surface area contributed by atoms with Crippen LogP contribution in [0.1, 0.15) is 20.3 Å². The summed E-state index contributed by atoms with van der Waals surface area (Å²) in [6.07, 6.45) is 1.20. The summed E-state index contributed by atoms with van der Waals surface area (Å²) in [5.41, 5.74) is 0. The summed E-state index contributed by atoms with van der Waals surface area (Å²) in [6, 6.07) is 5.95. The number of carbonyl (C=O) groups is 2. The van der Waals surface area contributed by atoms with Crippen molar-refractivity contribution in [2.45, 2.75) is 20.3 Å². The maximum absolute atomic E-state index is 13.1. The highest BCUT2D eigenvalue weighted by Gasteiger charge is 2.27. The Labute approximate surface area is 184 Å². The van der Waals surface area contributed by atoms with Gasteiger partial charge in [-0.3, -0.25) is 19.4 Å². The number of piperazine rings is 1. The first-order valence-corrected chi connectivity index (χ1v) is 11.3. The van der Waals surface area contributed by atoms with Crippen molar-refractivity contribution in [3.8, 4) is 5.75 Å². The highest BCUT2D eigenvalue weighted by atomic mass is 19.1. The predicted octanol–water partition coefficient (Wildman–Crippen LogP) is 1.44. The molecule has 7 nitrogen and oxygen atoms in total. The first-order chi connectivity index (χ1) is 14.9. The lowest BCUT2D eigenvalue weighted by atomic mass is 9.92. The third kappa shape index (κ3) is 7.78. The van der Waals surface area contributed by atoms with Crippen molar-refractivity contribution in [3.05, 3.63) is 30.1 Å². The Morgan fingerprint density at radius 1 is 1.06 bits per heavy atom. The zero-order chi connectivity index (χ0) is 22.2. The van der Waals surface area contributed by atoms with E-state index in [-0.39, 0.29) is 17.6 Å². The summed E-state index contributed by atoms with van der Waals surface area (Å²) >= 11 is 0. The minimum Gasteiger partial charge on any atom is -0.492 e. The largest absolute Gasteiger partial charge is 0.492 e. The molecule has 2 amide bonds. The summed E-state index contributed by atoms with van der Waals surface area (Å²) in [4.78, 5) is 31.1. The molecule has 2 saturated heterocycles. The quantitative estimate of drug-likeness (QED) is 0.628. The molecule has 1 N–H and O–H groups in total. The van der Waals surface area contributed by atoms with Gasteiger partial charge in [0.15, 0.2) is 0 Å². The Morgan fingerprint density at radius 3 is 2.35 bits per heavy atom. The lowest BCUT2D eigenvalue weighted by molar-refractivity contribution is -0.135. The lowest BCUT2D eigenvalue weighted by Gasteiger charge is -2.38. The van der Waals surface area contributed by atoms with Crippen molar-refractivity contribution in [1.29, 1.82) is 0 Å². The normalized spacial score (nSPS) is 22.9. The van der Waals surface area contributed by atoms with Crippen LogP contribution in [0.25, 0.3) is 0 Å². The van der Waals surface area contributed by atoms with Crippen molar-refractivity contribution >= 4 is 11.8 Å². The van der Waals surface area contributed by atoms with Gasteiger partial charge in [0.25, 0.3) is 0 Å². The van der Waals surface area contributed by atoms with E-state index < -0.39 is 0 Å². The molecule has 0 bridgehead atoms. The Balaban J connectivity index is 1.29. The topological polar surface area (TPSA) is 65.1 Å². The van der Waals surface area contributed by atoms with E-state index in [9.17, 15) is 14.0 Å². The number of nitrogens with zero attached hydrogens (tertiary/aromatic N) is 3. The van der Waals surface area contributed by atoms with Gasteiger partial charge in [-0.05, 0) is 30.4 Å². The van der Waals surface area contributed by atoms with Crippen LogP contribution in [-0.2, 0) is 9.59 Å². The fourth-order valence-corrected chi connectivity index (χ4v) is 4.44. The maximum atomic E-state index is 13.1. The Bertz CT molecular complexity index is 729. The monoisotopic (exact) mass is 434 g/mol. The number of amides is 2. The van der Waals surface area contributed by atoms with Crippen LogP contribution < -0.4 is 10.1 Å². The molecule has 3 rings (SSSR count). The van der Waals surface area contributed by atoms with E-state index in [1.807, 2.05) is 4.90 Å². The number of ether oxygens (including phenoxy) is 1. The standard InChI is InChI=1S/C23H35FN4O3/c1-18-12-19(2)15-28(14-18)23(30)17-27-9-7-26(8-10-27)16-22(29)25-6-11-31-21-5-3-4-20(24)13-21/h3-5,13,18-19H,6-12,14-17H2,1-2H3,(H,25,29). The summed E-state index contributed by atoms with van der Waals surface area (Å²) in [5, 5.41) is 2.84. The van der Waals surface area contributed by atoms with Gasteiger partial charge < -0.3 is 15.0 Å². The van der Waals surface area contributed by atoms with Crippen LogP contribution in [0.3, 0.4) is 0 Å². The molecule has 0 saturated carbocycles. The number of benzene rings is 1. The van der Waals surface area contributed by atoms with Gasteiger partial charge in [0, 0.05) is 45.3 Å². The van der Waals surface area contributed by atoms with E-state index in [4.69, 9.17) is 4.74 Å². The van der Waals surface area contributed by atoms with Crippen LogP contribution in [0.15, 0.2) is 24.3 Å². The number of hydrogen-bond donors (Lipinski definition) is 1.